The van der Waals surface area contributed by atoms with Gasteiger partial charge in [0.05, 0.1) is 44.6 Å². The molecule has 0 N–H and O–H groups in total. The van der Waals surface area contributed by atoms with Gasteiger partial charge in [-0.15, -0.1) is 0 Å². The van der Waals surface area contributed by atoms with E-state index in [2.05, 4.69) is 358 Å². The summed E-state index contributed by atoms with van der Waals surface area (Å²) < 4.78 is 0. The van der Waals surface area contributed by atoms with Crippen molar-refractivity contribution in [2.75, 3.05) is 0 Å². The summed E-state index contributed by atoms with van der Waals surface area (Å²) >= 11 is 3.77. The normalized spacial score (nSPS) is 13.1. The van der Waals surface area contributed by atoms with Gasteiger partial charge >= 0.3 is 0 Å². The van der Waals surface area contributed by atoms with Crippen molar-refractivity contribution in [3.63, 3.8) is 0 Å². The lowest BCUT2D eigenvalue weighted by molar-refractivity contribution is 0.724. The maximum atomic E-state index is 5.50. The minimum absolute atomic E-state index is 0.474. The van der Waals surface area contributed by atoms with Crippen LogP contribution in [0, 0.1) is 0 Å². The average Bonchev–Trinajstić information content (AvgIpc) is 1.49. The number of nitrogens with zero attached hydrogens (tertiary/aromatic N) is 7. The smallest absolute Gasteiger partial charge is 0.164 e. The van der Waals surface area contributed by atoms with Crippen molar-refractivity contribution in [2.24, 2.45) is 0 Å². The number of hydrogen-bond donors (Lipinski definition) is 0. The van der Waals surface area contributed by atoms with E-state index in [1.165, 1.54) is 97.1 Å². The monoisotopic (exact) mass is 1660 g/mol. The second-order valence-corrected chi connectivity index (χ2v) is 35.3. The Morgan fingerprint density at radius 3 is 0.797 bits per heavy atom. The minimum Gasteiger partial charge on any atom is -0.247 e. The third-order valence-electron chi connectivity index (χ3n) is 26.1. The third kappa shape index (κ3) is 12.2. The first-order valence-electron chi connectivity index (χ1n) is 43.4. The van der Waals surface area contributed by atoms with Crippen molar-refractivity contribution < 1.29 is 0 Å². The van der Waals surface area contributed by atoms with E-state index < -0.39 is 10.8 Å². The summed E-state index contributed by atoms with van der Waals surface area (Å²) in [4.78, 5) is 41.1. The fraction of sp³-hybridized carbons (Fsp3) is 0.0168. The molecule has 2 aliphatic carbocycles. The maximum Gasteiger partial charge on any atom is 0.164 e. The first-order valence-corrected chi connectivity index (χ1v) is 45.0. The van der Waals surface area contributed by atoms with Gasteiger partial charge in [0.25, 0.3) is 0 Å². The molecule has 4 aliphatic rings. The molecule has 0 bridgehead atoms. The van der Waals surface area contributed by atoms with Crippen LogP contribution in [0.1, 0.15) is 44.5 Å². The van der Waals surface area contributed by atoms with Gasteiger partial charge in [0.15, 0.2) is 23.3 Å². The largest absolute Gasteiger partial charge is 0.247 e. The predicted octanol–water partition coefficient (Wildman–Crippen LogP) is 30.1. The van der Waals surface area contributed by atoms with Gasteiger partial charge in [0.1, 0.15) is 0 Å². The van der Waals surface area contributed by atoms with E-state index in [4.69, 9.17) is 34.9 Å². The zero-order valence-corrected chi connectivity index (χ0v) is 70.7. The van der Waals surface area contributed by atoms with Crippen LogP contribution in [-0.2, 0) is 10.8 Å². The first kappa shape index (κ1) is 74.7. The average molecular weight is 1670 g/mol. The molecule has 2 aliphatic heterocycles. The lowest BCUT2D eigenvalue weighted by Gasteiger charge is -2.40. The molecule has 4 aromatic heterocycles. The lowest BCUT2D eigenvalue weighted by atomic mass is 9.67. The summed E-state index contributed by atoms with van der Waals surface area (Å²) in [7, 11) is 0. The van der Waals surface area contributed by atoms with Crippen LogP contribution in [0.2, 0.25) is 0 Å². The van der Waals surface area contributed by atoms with Crippen molar-refractivity contribution in [2.45, 2.75) is 30.4 Å². The molecule has 22 aromatic rings. The van der Waals surface area contributed by atoms with Gasteiger partial charge < -0.3 is 0 Å². The number of pyridine rings is 2. The topological polar surface area (TPSA) is 90.2 Å². The molecule has 9 heteroatoms. The van der Waals surface area contributed by atoms with Gasteiger partial charge in [-0.3, -0.25) is 0 Å². The quantitative estimate of drug-likeness (QED) is 0.124. The van der Waals surface area contributed by atoms with Crippen molar-refractivity contribution in [3.8, 4) is 135 Å². The second-order valence-electron chi connectivity index (χ2n) is 33.2. The molecule has 2 spiro atoms. The standard InChI is InChI=1S/C60H37N3S.C59H36N4S/c1-4-16-39(17-5-1)54-37-55(63-59(62-54)42-20-8-3-9-21-42)40-30-28-38(29-31-40)43-32-33-53-47(34-43)46-36-57-52(35-48(46)58(61-53)41-18-6-2-7-19-41)60(51-26-14-15-27-56(51)64-57)49-24-12-10-22-44(49)45-23-11-13-25-50(45)60;1-4-16-38(17-5-1)55-47-35-51-54(64-53-27-15-14-26-50(53)59(51)48-24-12-10-22-43(48)44-23-11-13-25-49(44)59)36-45(47)46-34-42(32-33-52(46)60-55)37-28-30-41(31-29-37)58-62-56(39-18-6-2-7-19-39)61-57(63-58)40-20-8-3-9-21-40/h1-37H;1-36H. The second kappa shape index (κ2) is 30.5. The highest BCUT2D eigenvalue weighted by Crippen LogP contribution is 2.65. The van der Waals surface area contributed by atoms with Gasteiger partial charge in [-0.2, -0.15) is 0 Å². The summed E-state index contributed by atoms with van der Waals surface area (Å²) in [6.45, 7) is 0. The molecule has 7 nitrogen and oxygen atoms in total. The summed E-state index contributed by atoms with van der Waals surface area (Å²) in [5, 5.41) is 6.94. The molecule has 0 radical (unpaired) electrons. The molecule has 0 unspecified atom stereocenters. The van der Waals surface area contributed by atoms with Crippen LogP contribution in [0.5, 0.6) is 0 Å². The van der Waals surface area contributed by atoms with Crippen LogP contribution in [0.15, 0.2) is 462 Å². The molecule has 0 atom stereocenters. The van der Waals surface area contributed by atoms with E-state index in [1.807, 2.05) is 108 Å². The van der Waals surface area contributed by atoms with Crippen LogP contribution >= 0.6 is 23.5 Å². The van der Waals surface area contributed by atoms with Gasteiger partial charge in [-0.05, 0) is 167 Å². The molecular weight excluding hydrogens is 1590 g/mol. The molecule has 6 heterocycles. The third-order valence-corrected chi connectivity index (χ3v) is 28.4. The van der Waals surface area contributed by atoms with Gasteiger partial charge in [0, 0.05) is 85.6 Å². The van der Waals surface area contributed by atoms with Gasteiger partial charge in [-0.1, -0.05) is 400 Å². The fourth-order valence-electron chi connectivity index (χ4n) is 20.3. The highest BCUT2D eigenvalue weighted by Gasteiger charge is 2.52. The Balaban J connectivity index is 0.000000139. The highest BCUT2D eigenvalue weighted by molar-refractivity contribution is 7.99. The van der Waals surface area contributed by atoms with Crippen LogP contribution in [-0.4, -0.2) is 34.9 Å². The summed E-state index contributed by atoms with van der Waals surface area (Å²) in [6.07, 6.45) is 0. The zero-order chi connectivity index (χ0) is 84.4. The van der Waals surface area contributed by atoms with E-state index in [0.29, 0.717) is 23.3 Å². The van der Waals surface area contributed by atoms with Crippen molar-refractivity contribution >= 4 is 66.9 Å². The lowest BCUT2D eigenvalue weighted by Crippen LogP contribution is -2.32. The predicted molar refractivity (Wildman–Crippen MR) is 525 cm³/mol. The minimum atomic E-state index is -0.479. The van der Waals surface area contributed by atoms with Crippen LogP contribution in [0.4, 0.5) is 0 Å². The first-order chi connectivity index (χ1) is 63.4. The molecule has 0 fully saturated rings. The Kier molecular flexibility index (Phi) is 17.8. The van der Waals surface area contributed by atoms with E-state index in [9.17, 15) is 0 Å². The summed E-state index contributed by atoms with van der Waals surface area (Å²) in [5.74, 6) is 2.64. The molecular formula is C119H73N7S2. The van der Waals surface area contributed by atoms with Crippen LogP contribution in [0.25, 0.3) is 178 Å². The Labute approximate surface area is 749 Å². The van der Waals surface area contributed by atoms with Crippen LogP contribution in [0.3, 0.4) is 0 Å². The molecule has 0 amide bonds. The Bertz CT molecular complexity index is 7530. The van der Waals surface area contributed by atoms with E-state index in [0.717, 1.165) is 122 Å². The summed E-state index contributed by atoms with van der Waals surface area (Å²) in [6, 6.07) is 159. The Morgan fingerprint density at radius 1 is 0.156 bits per heavy atom. The van der Waals surface area contributed by atoms with E-state index in [1.54, 1.807) is 0 Å². The fourth-order valence-corrected chi connectivity index (χ4v) is 22.8. The van der Waals surface area contributed by atoms with Crippen molar-refractivity contribution in [1.29, 1.82) is 0 Å². The number of fused-ring (bicyclic) bond motifs is 24. The maximum absolute atomic E-state index is 5.50. The molecule has 18 aromatic carbocycles. The van der Waals surface area contributed by atoms with E-state index >= 15 is 0 Å². The Morgan fingerprint density at radius 2 is 0.430 bits per heavy atom. The molecule has 0 saturated heterocycles. The van der Waals surface area contributed by atoms with E-state index in [-0.39, 0.29) is 0 Å². The molecule has 596 valence electrons. The zero-order valence-electron chi connectivity index (χ0n) is 69.1. The molecule has 0 saturated carbocycles. The van der Waals surface area contributed by atoms with Crippen LogP contribution < -0.4 is 0 Å². The highest BCUT2D eigenvalue weighted by atomic mass is 32.2. The molecule has 128 heavy (non-hydrogen) atoms. The van der Waals surface area contributed by atoms with Crippen molar-refractivity contribution in [1.82, 2.24) is 34.9 Å². The SMILES string of the molecule is c1ccc(-c2cc(-c3ccc(-c4ccc5nc(-c6ccccc6)c6cc7c(cc6c5c4)Sc4ccccc4C74c5ccccc5-c5ccccc54)cc3)nc(-c3ccccc3)n2)cc1.c1ccc(-c2nc(-c3ccccc3)nc(-c3ccc(-c4ccc5nc(-c6ccccc6)c6cc7c(cc6c5c4)Sc4ccccc4C74c5ccccc5-c5ccccc54)cc3)n2)cc1. The molecule has 26 rings (SSSR count). The number of benzene rings is 18. The Hall–Kier alpha value is -15.9. The number of hydrogen-bond acceptors (Lipinski definition) is 9. The number of aromatic nitrogens is 7. The number of rotatable bonds is 10. The van der Waals surface area contributed by atoms with Gasteiger partial charge in [-0.25, -0.2) is 34.9 Å². The van der Waals surface area contributed by atoms with Gasteiger partial charge in [0.2, 0.25) is 0 Å². The summed E-state index contributed by atoms with van der Waals surface area (Å²) in [5.41, 5.74) is 33.1. The van der Waals surface area contributed by atoms with Crippen molar-refractivity contribution in [3.05, 3.63) is 487 Å².